The molecule has 0 aromatic heterocycles. The Morgan fingerprint density at radius 2 is 0.889 bits per heavy atom. The summed E-state index contributed by atoms with van der Waals surface area (Å²) in [5.41, 5.74) is 0. The van der Waals surface area contributed by atoms with Gasteiger partial charge in [0.25, 0.3) is 0 Å². The van der Waals surface area contributed by atoms with Gasteiger partial charge in [0.05, 0.1) is 6.61 Å². The quantitative estimate of drug-likeness (QED) is 0.0434. The SMILES string of the molecule is CCCCC/C=C/C/C=C/CCCCCCCCCCCC(=O)O[C@@H](CO)COC(=O)CCCCCCC/C=C/CCCCC. The topological polar surface area (TPSA) is 72.8 Å². The molecular formula is C40H72O5. The molecule has 0 aliphatic rings. The molecule has 0 saturated heterocycles. The highest BCUT2D eigenvalue weighted by molar-refractivity contribution is 5.70. The van der Waals surface area contributed by atoms with Gasteiger partial charge in [0, 0.05) is 12.8 Å². The number of carbonyl (C=O) groups excluding carboxylic acids is 2. The minimum absolute atomic E-state index is 0.0709. The fourth-order valence-corrected chi connectivity index (χ4v) is 5.22. The van der Waals surface area contributed by atoms with E-state index in [2.05, 4.69) is 50.3 Å². The minimum atomic E-state index is -0.774. The molecule has 0 heterocycles. The van der Waals surface area contributed by atoms with Crippen LogP contribution in [0.5, 0.6) is 0 Å². The number of carbonyl (C=O) groups is 2. The molecule has 1 N–H and O–H groups in total. The number of unbranched alkanes of at least 4 members (excludes halogenated alkanes) is 20. The van der Waals surface area contributed by atoms with E-state index in [9.17, 15) is 14.7 Å². The van der Waals surface area contributed by atoms with Gasteiger partial charge in [-0.2, -0.15) is 0 Å². The number of aliphatic hydroxyl groups is 1. The molecule has 45 heavy (non-hydrogen) atoms. The summed E-state index contributed by atoms with van der Waals surface area (Å²) in [6.45, 7) is 4.07. The zero-order chi connectivity index (χ0) is 32.9. The fraction of sp³-hybridized carbons (Fsp3) is 0.800. The first kappa shape index (κ1) is 43.1. The molecule has 0 radical (unpaired) electrons. The van der Waals surface area contributed by atoms with Gasteiger partial charge in [-0.15, -0.1) is 0 Å². The Morgan fingerprint density at radius 1 is 0.511 bits per heavy atom. The van der Waals surface area contributed by atoms with Crippen molar-refractivity contribution in [3.8, 4) is 0 Å². The second-order valence-corrected chi connectivity index (χ2v) is 12.6. The minimum Gasteiger partial charge on any atom is -0.462 e. The Balaban J connectivity index is 3.56. The molecule has 5 nitrogen and oxygen atoms in total. The van der Waals surface area contributed by atoms with Crippen molar-refractivity contribution in [3.63, 3.8) is 0 Å². The van der Waals surface area contributed by atoms with Crippen LogP contribution in [0.4, 0.5) is 0 Å². The maximum atomic E-state index is 12.2. The summed E-state index contributed by atoms with van der Waals surface area (Å²) < 4.78 is 10.6. The number of rotatable bonds is 34. The molecule has 0 saturated carbocycles. The van der Waals surface area contributed by atoms with Gasteiger partial charge in [-0.3, -0.25) is 9.59 Å². The number of aliphatic hydroxyl groups excluding tert-OH is 1. The lowest BCUT2D eigenvalue weighted by atomic mass is 10.1. The molecule has 0 rings (SSSR count). The zero-order valence-corrected chi connectivity index (χ0v) is 29.6. The maximum Gasteiger partial charge on any atom is 0.306 e. The van der Waals surface area contributed by atoms with Gasteiger partial charge in [0.2, 0.25) is 0 Å². The number of allylic oxidation sites excluding steroid dienone is 6. The highest BCUT2D eigenvalue weighted by atomic mass is 16.6. The Bertz CT molecular complexity index is 726. The van der Waals surface area contributed by atoms with E-state index in [1.165, 1.54) is 109 Å². The van der Waals surface area contributed by atoms with E-state index in [-0.39, 0.29) is 25.2 Å². The van der Waals surface area contributed by atoms with Crippen molar-refractivity contribution >= 4 is 11.9 Å². The Labute approximate surface area is 278 Å². The van der Waals surface area contributed by atoms with Crippen LogP contribution in [0.2, 0.25) is 0 Å². The Kier molecular flexibility index (Phi) is 35.1. The van der Waals surface area contributed by atoms with E-state index in [1.54, 1.807) is 0 Å². The van der Waals surface area contributed by atoms with Gasteiger partial charge >= 0.3 is 11.9 Å². The van der Waals surface area contributed by atoms with Crippen molar-refractivity contribution in [2.75, 3.05) is 13.2 Å². The summed E-state index contributed by atoms with van der Waals surface area (Å²) in [5.74, 6) is -0.606. The van der Waals surface area contributed by atoms with Gasteiger partial charge < -0.3 is 14.6 Å². The zero-order valence-electron chi connectivity index (χ0n) is 29.6. The van der Waals surface area contributed by atoms with Crippen molar-refractivity contribution in [2.24, 2.45) is 0 Å². The standard InChI is InChI=1S/C40H72O5/c1-3-5-7-9-11-13-15-17-18-19-20-21-22-23-25-27-29-31-33-35-40(43)45-38(36-41)37-44-39(42)34-32-30-28-26-24-16-14-12-10-8-6-4-2/h11-14,17-18,38,41H,3-10,15-16,19-37H2,1-2H3/b13-11+,14-12+,18-17+/t38-/m0/s1. The third-order valence-corrected chi connectivity index (χ3v) is 8.16. The smallest absolute Gasteiger partial charge is 0.306 e. The van der Waals surface area contributed by atoms with E-state index in [1.807, 2.05) is 0 Å². The predicted octanol–water partition coefficient (Wildman–Crippen LogP) is 11.7. The molecule has 0 unspecified atom stereocenters. The van der Waals surface area contributed by atoms with Gasteiger partial charge in [0.15, 0.2) is 6.10 Å². The molecule has 262 valence electrons. The molecule has 0 spiro atoms. The van der Waals surface area contributed by atoms with Crippen LogP contribution in [0.1, 0.15) is 187 Å². The van der Waals surface area contributed by atoms with Crippen LogP contribution in [0.15, 0.2) is 36.5 Å². The van der Waals surface area contributed by atoms with Crippen LogP contribution in [0, 0.1) is 0 Å². The predicted molar refractivity (Wildman–Crippen MR) is 191 cm³/mol. The van der Waals surface area contributed by atoms with Gasteiger partial charge in [-0.25, -0.2) is 0 Å². The number of ether oxygens (including phenoxy) is 2. The third-order valence-electron chi connectivity index (χ3n) is 8.16. The largest absolute Gasteiger partial charge is 0.462 e. The average molecular weight is 633 g/mol. The maximum absolute atomic E-state index is 12.2. The highest BCUT2D eigenvalue weighted by Crippen LogP contribution is 2.13. The van der Waals surface area contributed by atoms with Gasteiger partial charge in [-0.1, -0.05) is 140 Å². The molecule has 1 atom stereocenters. The van der Waals surface area contributed by atoms with Crippen LogP contribution in [0.25, 0.3) is 0 Å². The van der Waals surface area contributed by atoms with Crippen LogP contribution >= 0.6 is 0 Å². The monoisotopic (exact) mass is 633 g/mol. The number of esters is 2. The summed E-state index contributed by atoms with van der Waals surface area (Å²) in [5, 5.41) is 9.53. The van der Waals surface area contributed by atoms with Crippen LogP contribution in [-0.4, -0.2) is 36.4 Å². The molecule has 0 aromatic rings. The number of hydrogen-bond acceptors (Lipinski definition) is 5. The van der Waals surface area contributed by atoms with Crippen molar-refractivity contribution in [1.82, 2.24) is 0 Å². The van der Waals surface area contributed by atoms with Crippen LogP contribution < -0.4 is 0 Å². The normalized spacial score (nSPS) is 12.5. The van der Waals surface area contributed by atoms with E-state index < -0.39 is 6.10 Å². The van der Waals surface area contributed by atoms with Crippen LogP contribution in [-0.2, 0) is 19.1 Å². The lowest BCUT2D eigenvalue weighted by Crippen LogP contribution is -2.28. The highest BCUT2D eigenvalue weighted by Gasteiger charge is 2.16. The molecule has 0 aromatic carbocycles. The second kappa shape index (κ2) is 36.6. The molecular weight excluding hydrogens is 560 g/mol. The Hall–Kier alpha value is -1.88. The molecule has 0 bridgehead atoms. The summed E-state index contributed by atoms with van der Waals surface area (Å²) in [7, 11) is 0. The van der Waals surface area contributed by atoms with Crippen molar-refractivity contribution in [1.29, 1.82) is 0 Å². The average Bonchev–Trinajstić information content (AvgIpc) is 3.04. The third kappa shape index (κ3) is 34.8. The summed E-state index contributed by atoms with van der Waals surface area (Å²) in [4.78, 5) is 24.2. The van der Waals surface area contributed by atoms with E-state index >= 15 is 0 Å². The van der Waals surface area contributed by atoms with E-state index in [4.69, 9.17) is 9.47 Å². The lowest BCUT2D eigenvalue weighted by molar-refractivity contribution is -0.161. The van der Waals surface area contributed by atoms with Gasteiger partial charge in [-0.05, 0) is 70.6 Å². The molecule has 0 amide bonds. The Morgan fingerprint density at radius 3 is 1.33 bits per heavy atom. The van der Waals surface area contributed by atoms with E-state index in [0.29, 0.717) is 12.8 Å². The summed E-state index contributed by atoms with van der Waals surface area (Å²) in [6, 6.07) is 0. The van der Waals surface area contributed by atoms with Crippen molar-refractivity contribution in [2.45, 2.75) is 193 Å². The van der Waals surface area contributed by atoms with Crippen molar-refractivity contribution < 1.29 is 24.2 Å². The molecule has 0 aliphatic carbocycles. The van der Waals surface area contributed by atoms with Gasteiger partial charge in [0.1, 0.15) is 6.61 Å². The fourth-order valence-electron chi connectivity index (χ4n) is 5.22. The molecule has 5 heteroatoms. The summed E-state index contributed by atoms with van der Waals surface area (Å²) >= 11 is 0. The first-order valence-electron chi connectivity index (χ1n) is 19.0. The molecule has 0 aliphatic heterocycles. The van der Waals surface area contributed by atoms with Crippen molar-refractivity contribution in [3.05, 3.63) is 36.5 Å². The first-order valence-corrected chi connectivity index (χ1v) is 19.0. The number of hydrogen-bond donors (Lipinski definition) is 1. The second-order valence-electron chi connectivity index (χ2n) is 12.6. The first-order chi connectivity index (χ1) is 22.1. The van der Waals surface area contributed by atoms with E-state index in [0.717, 1.165) is 51.4 Å². The molecule has 0 fully saturated rings. The lowest BCUT2D eigenvalue weighted by Gasteiger charge is -2.15. The van der Waals surface area contributed by atoms with Crippen LogP contribution in [0.3, 0.4) is 0 Å². The summed E-state index contributed by atoms with van der Waals surface area (Å²) in [6.07, 6.45) is 43.4.